The van der Waals surface area contributed by atoms with E-state index in [1.807, 2.05) is 18.2 Å². The Balaban J connectivity index is 2.00. The predicted molar refractivity (Wildman–Crippen MR) is 86.3 cm³/mol. The van der Waals surface area contributed by atoms with E-state index in [1.54, 1.807) is 6.92 Å². The summed E-state index contributed by atoms with van der Waals surface area (Å²) >= 11 is 0. The summed E-state index contributed by atoms with van der Waals surface area (Å²) in [5.41, 5.74) is 0.799. The lowest BCUT2D eigenvalue weighted by molar-refractivity contribution is -0.880. The van der Waals surface area contributed by atoms with Crippen molar-refractivity contribution in [2.75, 3.05) is 59.8 Å². The second-order valence-electron chi connectivity index (χ2n) is 5.76. The lowest BCUT2D eigenvalue weighted by Crippen LogP contribution is -3.10. The molecule has 1 aromatic carbocycles. The Kier molecular flexibility index (Phi) is 7.61. The van der Waals surface area contributed by atoms with Crippen LogP contribution in [0.25, 0.3) is 0 Å². The minimum atomic E-state index is -0.543. The lowest BCUT2D eigenvalue weighted by Gasteiger charge is -2.15. The Morgan fingerprint density at radius 1 is 0.913 bits per heavy atom. The fourth-order valence-corrected chi connectivity index (χ4v) is 2.26. The molecule has 0 saturated carbocycles. The van der Waals surface area contributed by atoms with E-state index in [9.17, 15) is 5.11 Å². The Morgan fingerprint density at radius 3 is 2.13 bits per heavy atom. The van der Waals surface area contributed by atoms with Gasteiger partial charge < -0.3 is 29.0 Å². The normalized spacial score (nSPS) is 22.7. The van der Waals surface area contributed by atoms with Crippen LogP contribution in [0.4, 0.5) is 0 Å². The molecule has 6 nitrogen and oxygen atoms in total. The number of nitrogens with one attached hydrogen (secondary N) is 1. The van der Waals surface area contributed by atoms with E-state index in [-0.39, 0.29) is 0 Å². The van der Waals surface area contributed by atoms with Crippen molar-refractivity contribution in [3.63, 3.8) is 0 Å². The van der Waals surface area contributed by atoms with E-state index in [0.717, 1.165) is 18.7 Å². The summed E-state index contributed by atoms with van der Waals surface area (Å²) in [4.78, 5) is 1.38. The van der Waals surface area contributed by atoms with Crippen molar-refractivity contribution in [1.29, 1.82) is 0 Å². The van der Waals surface area contributed by atoms with E-state index < -0.39 is 6.10 Å². The topological polar surface area (TPSA) is 61.6 Å². The third-order valence-corrected chi connectivity index (χ3v) is 3.77. The number of hydrogen-bond acceptors (Lipinski definition) is 5. The third kappa shape index (κ3) is 6.35. The van der Waals surface area contributed by atoms with Crippen LogP contribution in [0.15, 0.2) is 18.2 Å². The van der Waals surface area contributed by atoms with Crippen LogP contribution < -0.4 is 14.4 Å². The summed E-state index contributed by atoms with van der Waals surface area (Å²) in [6.45, 7) is 7.03. The van der Waals surface area contributed by atoms with Crippen molar-refractivity contribution >= 4 is 0 Å². The fourth-order valence-electron chi connectivity index (χ4n) is 2.26. The van der Waals surface area contributed by atoms with Gasteiger partial charge in [-0.25, -0.2) is 0 Å². The molecule has 1 unspecified atom stereocenters. The van der Waals surface area contributed by atoms with Crippen LogP contribution in [0.3, 0.4) is 0 Å². The van der Waals surface area contributed by atoms with Gasteiger partial charge in [0, 0.05) is 0 Å². The summed E-state index contributed by atoms with van der Waals surface area (Å²) in [6, 6.07) is 5.49. The maximum absolute atomic E-state index is 9.72. The van der Waals surface area contributed by atoms with Gasteiger partial charge in [-0.1, -0.05) is 6.07 Å². The molecule has 6 heteroatoms. The zero-order chi connectivity index (χ0) is 16.5. The van der Waals surface area contributed by atoms with Crippen LogP contribution in [-0.2, 0) is 9.47 Å². The third-order valence-electron chi connectivity index (χ3n) is 3.77. The molecule has 130 valence electrons. The maximum atomic E-state index is 9.72. The summed E-state index contributed by atoms with van der Waals surface area (Å²) < 4.78 is 22.7. The van der Waals surface area contributed by atoms with E-state index in [4.69, 9.17) is 18.9 Å². The molecule has 0 aromatic heterocycles. The Morgan fingerprint density at radius 2 is 1.52 bits per heavy atom. The first-order chi connectivity index (χ1) is 11.2. The molecule has 0 fully saturated rings. The highest BCUT2D eigenvalue weighted by Crippen LogP contribution is 2.30. The van der Waals surface area contributed by atoms with Gasteiger partial charge in [-0.2, -0.15) is 0 Å². The number of hydrogen-bond donors (Lipinski definition) is 2. The summed E-state index contributed by atoms with van der Waals surface area (Å²) in [5.74, 6) is 1.29. The number of fused-ring (bicyclic) bond motifs is 1. The van der Waals surface area contributed by atoms with Crippen molar-refractivity contribution in [2.45, 2.75) is 13.0 Å². The SMILES string of the molecule is C[C@@H](O)c1ccc2c(c1)OCCOCC[NH+](C)CCOCCO2. The number of benzene rings is 1. The highest BCUT2D eigenvalue weighted by molar-refractivity contribution is 5.43. The number of rotatable bonds is 1. The monoisotopic (exact) mass is 326 g/mol. The average molecular weight is 326 g/mol. The fraction of sp³-hybridized carbons (Fsp3) is 0.647. The Hall–Kier alpha value is -1.34. The minimum Gasteiger partial charge on any atom is -0.487 e. The van der Waals surface area contributed by atoms with Gasteiger partial charge in [0.25, 0.3) is 0 Å². The van der Waals surface area contributed by atoms with Crippen molar-refractivity contribution in [1.82, 2.24) is 0 Å². The molecule has 1 aromatic rings. The largest absolute Gasteiger partial charge is 0.487 e. The van der Waals surface area contributed by atoms with Crippen LogP contribution in [0, 0.1) is 0 Å². The summed E-state index contributed by atoms with van der Waals surface area (Å²) in [7, 11) is 2.13. The molecular formula is C17H28NO5+. The van der Waals surface area contributed by atoms with Crippen molar-refractivity contribution < 1.29 is 29.0 Å². The van der Waals surface area contributed by atoms with Crippen molar-refractivity contribution in [3.8, 4) is 11.5 Å². The molecule has 23 heavy (non-hydrogen) atoms. The van der Waals surface area contributed by atoms with E-state index >= 15 is 0 Å². The van der Waals surface area contributed by atoms with Gasteiger partial charge in [-0.15, -0.1) is 0 Å². The van der Waals surface area contributed by atoms with Crippen LogP contribution in [0.2, 0.25) is 0 Å². The maximum Gasteiger partial charge on any atom is 0.161 e. The van der Waals surface area contributed by atoms with Gasteiger partial charge in [-0.3, -0.25) is 0 Å². The van der Waals surface area contributed by atoms with Gasteiger partial charge in [0.05, 0.1) is 39.6 Å². The highest BCUT2D eigenvalue weighted by atomic mass is 16.6. The highest BCUT2D eigenvalue weighted by Gasteiger charge is 2.11. The molecule has 1 aliphatic rings. The first kappa shape index (κ1) is 18.0. The molecule has 2 atom stereocenters. The van der Waals surface area contributed by atoms with Crippen LogP contribution in [-0.4, -0.2) is 64.9 Å². The smallest absolute Gasteiger partial charge is 0.161 e. The minimum absolute atomic E-state index is 0.454. The standard InChI is InChI=1S/C17H27NO5/c1-14(19)15-3-4-16-17(13-15)23-12-10-21-8-6-18(2)5-7-20-9-11-22-16/h3-4,13-14,19H,5-12H2,1-2H3/p+1/t14-/m1/s1. The van der Waals surface area contributed by atoms with Gasteiger partial charge >= 0.3 is 0 Å². The molecule has 0 bridgehead atoms. The molecule has 2 rings (SSSR count). The zero-order valence-corrected chi connectivity index (χ0v) is 14.0. The van der Waals surface area contributed by atoms with Crippen LogP contribution in [0.1, 0.15) is 18.6 Å². The molecule has 1 aliphatic heterocycles. The Bertz CT molecular complexity index is 466. The van der Waals surface area contributed by atoms with E-state index in [1.165, 1.54) is 4.90 Å². The number of ether oxygens (including phenoxy) is 4. The van der Waals surface area contributed by atoms with Gasteiger partial charge in [-0.05, 0) is 24.6 Å². The van der Waals surface area contributed by atoms with Crippen molar-refractivity contribution in [3.05, 3.63) is 23.8 Å². The molecule has 0 spiro atoms. The predicted octanol–water partition coefficient (Wildman–Crippen LogP) is 0.0590. The van der Waals surface area contributed by atoms with Gasteiger partial charge in [0.15, 0.2) is 11.5 Å². The number of aliphatic hydroxyl groups excluding tert-OH is 1. The van der Waals surface area contributed by atoms with Crippen LogP contribution >= 0.6 is 0 Å². The molecule has 0 radical (unpaired) electrons. The number of likely N-dealkylation sites (N-methyl/N-ethyl adjacent to an activating group) is 1. The number of quaternary nitrogens is 1. The first-order valence-corrected chi connectivity index (χ1v) is 8.21. The zero-order valence-electron chi connectivity index (χ0n) is 14.0. The first-order valence-electron chi connectivity index (χ1n) is 8.21. The molecule has 0 saturated heterocycles. The molecule has 1 heterocycles. The summed E-state index contributed by atoms with van der Waals surface area (Å²) in [6.07, 6.45) is -0.543. The van der Waals surface area contributed by atoms with Gasteiger partial charge in [0.1, 0.15) is 26.3 Å². The molecule has 0 amide bonds. The van der Waals surface area contributed by atoms with Gasteiger partial charge in [0.2, 0.25) is 0 Å². The molecule has 0 aliphatic carbocycles. The van der Waals surface area contributed by atoms with E-state index in [0.29, 0.717) is 51.1 Å². The second kappa shape index (κ2) is 9.72. The Labute approximate surface area is 137 Å². The molecular weight excluding hydrogens is 298 g/mol. The summed E-state index contributed by atoms with van der Waals surface area (Å²) in [5, 5.41) is 9.72. The average Bonchev–Trinajstić information content (AvgIpc) is 2.54. The second-order valence-corrected chi connectivity index (χ2v) is 5.76. The quantitative estimate of drug-likeness (QED) is 0.764. The lowest BCUT2D eigenvalue weighted by atomic mass is 10.1. The van der Waals surface area contributed by atoms with Crippen molar-refractivity contribution in [2.24, 2.45) is 0 Å². The van der Waals surface area contributed by atoms with Crippen LogP contribution in [0.5, 0.6) is 11.5 Å². The number of aliphatic hydroxyl groups is 1. The molecule has 2 N–H and O–H groups in total. The van der Waals surface area contributed by atoms with E-state index in [2.05, 4.69) is 7.05 Å².